The van der Waals surface area contributed by atoms with Crippen LogP contribution in [-0.2, 0) is 12.8 Å². The molecular weight excluding hydrogens is 240 g/mol. The molecule has 2 heteroatoms. The molecule has 2 aromatic rings. The van der Waals surface area contributed by atoms with Gasteiger partial charge in [0, 0.05) is 10.8 Å². The topological polar surface area (TPSA) is 20.2 Å². The molecule has 1 aliphatic rings. The maximum absolute atomic E-state index is 10.5. The predicted octanol–water partition coefficient (Wildman–Crippen LogP) is 3.77. The van der Waals surface area contributed by atoms with E-state index in [0.717, 1.165) is 12.8 Å². The Bertz CT molecular complexity index is 503. The Balaban J connectivity index is 1.76. The van der Waals surface area contributed by atoms with Gasteiger partial charge in [0.05, 0.1) is 6.10 Å². The number of aliphatic hydroxyl groups excluding tert-OH is 1. The zero-order chi connectivity index (χ0) is 12.4. The maximum Gasteiger partial charge on any atom is 0.0649 e. The quantitative estimate of drug-likeness (QED) is 0.888. The molecule has 0 fully saturated rings. The second-order valence-corrected chi connectivity index (χ2v) is 6.06. The maximum atomic E-state index is 10.5. The van der Waals surface area contributed by atoms with Crippen molar-refractivity contribution < 1.29 is 5.11 Å². The molecule has 94 valence electrons. The average molecular weight is 258 g/mol. The highest BCUT2D eigenvalue weighted by Gasteiger charge is 2.27. The number of rotatable bonds is 3. The van der Waals surface area contributed by atoms with Crippen LogP contribution < -0.4 is 0 Å². The number of hydrogen-bond donors (Lipinski definition) is 1. The van der Waals surface area contributed by atoms with Gasteiger partial charge in [-0.25, -0.2) is 0 Å². The Morgan fingerprint density at radius 1 is 1.22 bits per heavy atom. The van der Waals surface area contributed by atoms with Crippen LogP contribution in [0.5, 0.6) is 0 Å². The van der Waals surface area contributed by atoms with Crippen molar-refractivity contribution in [1.82, 2.24) is 0 Å². The Hall–Kier alpha value is -1.12. The third-order valence-electron chi connectivity index (χ3n) is 3.85. The van der Waals surface area contributed by atoms with Gasteiger partial charge in [-0.3, -0.25) is 0 Å². The van der Waals surface area contributed by atoms with Crippen LogP contribution in [0.4, 0.5) is 0 Å². The van der Waals surface area contributed by atoms with Crippen LogP contribution in [-0.4, -0.2) is 11.2 Å². The molecule has 1 nitrogen and oxygen atoms in total. The summed E-state index contributed by atoms with van der Waals surface area (Å²) in [6, 6.07) is 12.5. The highest BCUT2D eigenvalue weighted by Crippen LogP contribution is 2.37. The molecule has 1 heterocycles. The molecule has 0 amide bonds. The van der Waals surface area contributed by atoms with E-state index in [-0.39, 0.29) is 6.10 Å². The van der Waals surface area contributed by atoms with E-state index in [9.17, 15) is 5.11 Å². The van der Waals surface area contributed by atoms with Crippen LogP contribution in [0.2, 0.25) is 0 Å². The van der Waals surface area contributed by atoms with Crippen molar-refractivity contribution in [3.8, 4) is 0 Å². The summed E-state index contributed by atoms with van der Waals surface area (Å²) in [7, 11) is 0. The van der Waals surface area contributed by atoms with Gasteiger partial charge < -0.3 is 5.11 Å². The summed E-state index contributed by atoms with van der Waals surface area (Å²) in [5, 5.41) is 12.7. The zero-order valence-corrected chi connectivity index (χ0v) is 11.2. The summed E-state index contributed by atoms with van der Waals surface area (Å²) in [4.78, 5) is 1.48. The van der Waals surface area contributed by atoms with Gasteiger partial charge in [0.1, 0.15) is 0 Å². The van der Waals surface area contributed by atoms with Crippen LogP contribution in [0.25, 0.3) is 0 Å². The second-order valence-electron chi connectivity index (χ2n) is 5.05. The Labute approximate surface area is 112 Å². The van der Waals surface area contributed by atoms with Gasteiger partial charge in [-0.15, -0.1) is 11.3 Å². The minimum absolute atomic E-state index is 0.249. The predicted molar refractivity (Wildman–Crippen MR) is 76.2 cm³/mol. The number of benzene rings is 1. The summed E-state index contributed by atoms with van der Waals surface area (Å²) in [5.41, 5.74) is 2.63. The highest BCUT2D eigenvalue weighted by molar-refractivity contribution is 7.10. The first-order valence-corrected chi connectivity index (χ1v) is 7.51. The Morgan fingerprint density at radius 2 is 2.06 bits per heavy atom. The Kier molecular flexibility index (Phi) is 3.48. The average Bonchev–Trinajstić information content (AvgIpc) is 2.87. The monoisotopic (exact) mass is 258 g/mol. The van der Waals surface area contributed by atoms with E-state index in [1.54, 1.807) is 0 Å². The van der Waals surface area contributed by atoms with E-state index < -0.39 is 0 Å². The van der Waals surface area contributed by atoms with Crippen LogP contribution >= 0.6 is 11.3 Å². The van der Waals surface area contributed by atoms with Gasteiger partial charge in [0.15, 0.2) is 0 Å². The SMILES string of the molecule is OC(Cc1ccccc1)C1CCCc2sccc21. The smallest absolute Gasteiger partial charge is 0.0649 e. The van der Waals surface area contributed by atoms with Gasteiger partial charge in [-0.1, -0.05) is 30.3 Å². The zero-order valence-electron chi connectivity index (χ0n) is 10.4. The molecule has 1 aromatic carbocycles. The number of aliphatic hydroxyl groups is 1. The fraction of sp³-hybridized carbons (Fsp3) is 0.375. The molecule has 1 N–H and O–H groups in total. The summed E-state index contributed by atoms with van der Waals surface area (Å²) in [6.45, 7) is 0. The first-order valence-electron chi connectivity index (χ1n) is 6.63. The van der Waals surface area contributed by atoms with Gasteiger partial charge in [0.25, 0.3) is 0 Å². The fourth-order valence-corrected chi connectivity index (χ4v) is 3.92. The van der Waals surface area contributed by atoms with E-state index in [1.165, 1.54) is 28.8 Å². The molecule has 1 aromatic heterocycles. The molecule has 1 aliphatic carbocycles. The molecule has 0 saturated heterocycles. The van der Waals surface area contributed by atoms with Gasteiger partial charge >= 0.3 is 0 Å². The van der Waals surface area contributed by atoms with E-state index >= 15 is 0 Å². The Morgan fingerprint density at radius 3 is 2.89 bits per heavy atom. The standard InChI is InChI=1S/C16H18OS/c17-15(11-12-5-2-1-3-6-12)13-7-4-8-16-14(13)9-10-18-16/h1-3,5-6,9-10,13,15,17H,4,7-8,11H2. The normalized spacial score (nSPS) is 20.4. The molecule has 2 unspecified atom stereocenters. The van der Waals surface area contributed by atoms with Crippen molar-refractivity contribution >= 4 is 11.3 Å². The fourth-order valence-electron chi connectivity index (χ4n) is 2.92. The molecular formula is C16H18OS. The molecule has 0 bridgehead atoms. The second kappa shape index (κ2) is 5.25. The lowest BCUT2D eigenvalue weighted by atomic mass is 9.82. The molecule has 0 spiro atoms. The van der Waals surface area contributed by atoms with Crippen molar-refractivity contribution in [2.24, 2.45) is 0 Å². The molecule has 18 heavy (non-hydrogen) atoms. The molecule has 2 atom stereocenters. The van der Waals surface area contributed by atoms with Gasteiger partial charge in [-0.05, 0) is 48.3 Å². The van der Waals surface area contributed by atoms with Crippen molar-refractivity contribution in [3.05, 3.63) is 57.8 Å². The van der Waals surface area contributed by atoms with Crippen LogP contribution in [0, 0.1) is 0 Å². The lowest BCUT2D eigenvalue weighted by molar-refractivity contribution is 0.135. The van der Waals surface area contributed by atoms with Gasteiger partial charge in [0.2, 0.25) is 0 Å². The molecule has 3 rings (SSSR count). The van der Waals surface area contributed by atoms with Crippen molar-refractivity contribution in [2.75, 3.05) is 0 Å². The van der Waals surface area contributed by atoms with E-state index in [4.69, 9.17) is 0 Å². The van der Waals surface area contributed by atoms with E-state index in [2.05, 4.69) is 23.6 Å². The van der Waals surface area contributed by atoms with Gasteiger partial charge in [-0.2, -0.15) is 0 Å². The number of thiophene rings is 1. The first kappa shape index (κ1) is 11.9. The molecule has 0 radical (unpaired) electrons. The lowest BCUT2D eigenvalue weighted by Gasteiger charge is -2.27. The third-order valence-corrected chi connectivity index (χ3v) is 4.85. The first-order chi connectivity index (χ1) is 8.84. The van der Waals surface area contributed by atoms with E-state index in [0.29, 0.717) is 5.92 Å². The van der Waals surface area contributed by atoms with Crippen LogP contribution in [0.3, 0.4) is 0 Å². The lowest BCUT2D eigenvalue weighted by Crippen LogP contribution is -2.24. The van der Waals surface area contributed by atoms with Crippen molar-refractivity contribution in [1.29, 1.82) is 0 Å². The number of hydrogen-bond acceptors (Lipinski definition) is 2. The highest BCUT2D eigenvalue weighted by atomic mass is 32.1. The molecule has 0 saturated carbocycles. The number of aryl methyl sites for hydroxylation is 1. The van der Waals surface area contributed by atoms with Crippen molar-refractivity contribution in [2.45, 2.75) is 37.7 Å². The minimum Gasteiger partial charge on any atom is -0.392 e. The summed E-state index contributed by atoms with van der Waals surface area (Å²) in [6.07, 6.45) is 4.05. The minimum atomic E-state index is -0.249. The number of fused-ring (bicyclic) bond motifs is 1. The van der Waals surface area contributed by atoms with Crippen LogP contribution in [0.1, 0.15) is 34.8 Å². The summed E-state index contributed by atoms with van der Waals surface area (Å²) < 4.78 is 0. The van der Waals surface area contributed by atoms with Crippen LogP contribution in [0.15, 0.2) is 41.8 Å². The summed E-state index contributed by atoms with van der Waals surface area (Å²) in [5.74, 6) is 0.334. The summed E-state index contributed by atoms with van der Waals surface area (Å²) >= 11 is 1.84. The largest absolute Gasteiger partial charge is 0.392 e. The molecule has 0 aliphatic heterocycles. The van der Waals surface area contributed by atoms with Crippen molar-refractivity contribution in [3.63, 3.8) is 0 Å². The third kappa shape index (κ3) is 2.36. The van der Waals surface area contributed by atoms with E-state index in [1.807, 2.05) is 29.5 Å².